The summed E-state index contributed by atoms with van der Waals surface area (Å²) in [7, 11) is 3.33. The average Bonchev–Trinajstić information content (AvgIpc) is 2.60. The molecule has 0 saturated carbocycles. The maximum Gasteiger partial charge on any atom is 0.317 e. The quantitative estimate of drug-likeness (QED) is 0.729. The normalized spacial score (nSPS) is 10.2. The molecule has 0 radical (unpaired) electrons. The summed E-state index contributed by atoms with van der Waals surface area (Å²) in [6.45, 7) is 5.57. The molecule has 0 saturated heterocycles. The Hall–Kier alpha value is -1.89. The minimum absolute atomic E-state index is 0.0135. The Morgan fingerprint density at radius 1 is 1.25 bits per heavy atom. The van der Waals surface area contributed by atoms with E-state index in [0.29, 0.717) is 19.6 Å². The Labute approximate surface area is 148 Å². The van der Waals surface area contributed by atoms with Crippen molar-refractivity contribution in [1.82, 2.24) is 15.1 Å². The van der Waals surface area contributed by atoms with Gasteiger partial charge in [0.15, 0.2) is 0 Å². The number of rotatable bonds is 8. The van der Waals surface area contributed by atoms with Crippen LogP contribution in [0.1, 0.15) is 19.4 Å². The molecule has 0 unspecified atom stereocenters. The van der Waals surface area contributed by atoms with Crippen molar-refractivity contribution >= 4 is 23.7 Å². The molecule has 0 heterocycles. The molecule has 6 nitrogen and oxygen atoms in total. The SMILES string of the molecule is CCN(CC)C(=O)CNC(=O)N(C)Cc1ccc(SC)c(OC)c1. The van der Waals surface area contributed by atoms with Gasteiger partial charge in [-0.25, -0.2) is 4.79 Å². The lowest BCUT2D eigenvalue weighted by Gasteiger charge is -2.21. The van der Waals surface area contributed by atoms with E-state index in [2.05, 4.69) is 5.32 Å². The number of nitrogens with zero attached hydrogens (tertiary/aromatic N) is 2. The fraction of sp³-hybridized carbons (Fsp3) is 0.529. The molecule has 0 aliphatic heterocycles. The van der Waals surface area contributed by atoms with Gasteiger partial charge in [0.05, 0.1) is 13.7 Å². The molecular weight excluding hydrogens is 326 g/mol. The van der Waals surface area contributed by atoms with Crippen molar-refractivity contribution in [3.63, 3.8) is 0 Å². The Bertz CT molecular complexity index is 562. The Morgan fingerprint density at radius 2 is 1.92 bits per heavy atom. The highest BCUT2D eigenvalue weighted by Gasteiger charge is 2.14. The zero-order valence-electron chi connectivity index (χ0n) is 15.1. The number of carbonyl (C=O) groups excluding carboxylic acids is 2. The number of methoxy groups -OCH3 is 1. The van der Waals surface area contributed by atoms with Crippen molar-refractivity contribution < 1.29 is 14.3 Å². The first-order valence-electron chi connectivity index (χ1n) is 7.94. The van der Waals surface area contributed by atoms with Crippen molar-refractivity contribution in [3.8, 4) is 5.75 Å². The largest absolute Gasteiger partial charge is 0.496 e. The topological polar surface area (TPSA) is 61.9 Å². The summed E-state index contributed by atoms with van der Waals surface area (Å²) in [5.41, 5.74) is 0.970. The van der Waals surface area contributed by atoms with Gasteiger partial charge < -0.3 is 19.9 Å². The lowest BCUT2D eigenvalue weighted by Crippen LogP contribution is -2.44. The second kappa shape index (κ2) is 10.1. The number of hydrogen-bond acceptors (Lipinski definition) is 4. The minimum atomic E-state index is -0.275. The first-order chi connectivity index (χ1) is 11.5. The maximum absolute atomic E-state index is 12.1. The predicted octanol–water partition coefficient (Wildman–Crippen LogP) is 2.43. The molecule has 0 atom stereocenters. The summed E-state index contributed by atoms with van der Waals surface area (Å²) >= 11 is 1.61. The summed E-state index contributed by atoms with van der Waals surface area (Å²) in [5, 5.41) is 2.66. The van der Waals surface area contributed by atoms with Gasteiger partial charge in [-0.15, -0.1) is 11.8 Å². The van der Waals surface area contributed by atoms with E-state index in [4.69, 9.17) is 4.74 Å². The molecular formula is C17H27N3O3S. The molecule has 0 aromatic heterocycles. The van der Waals surface area contributed by atoms with E-state index in [9.17, 15) is 9.59 Å². The highest BCUT2D eigenvalue weighted by Crippen LogP contribution is 2.28. The van der Waals surface area contributed by atoms with E-state index in [-0.39, 0.29) is 18.5 Å². The number of nitrogens with one attached hydrogen (secondary N) is 1. The van der Waals surface area contributed by atoms with E-state index < -0.39 is 0 Å². The molecule has 24 heavy (non-hydrogen) atoms. The average molecular weight is 353 g/mol. The van der Waals surface area contributed by atoms with Crippen LogP contribution in [-0.4, -0.2) is 61.8 Å². The van der Waals surface area contributed by atoms with Crippen molar-refractivity contribution in [2.45, 2.75) is 25.3 Å². The van der Waals surface area contributed by atoms with Gasteiger partial charge in [0.25, 0.3) is 0 Å². The van der Waals surface area contributed by atoms with Crippen LogP contribution in [0.15, 0.2) is 23.1 Å². The van der Waals surface area contributed by atoms with Crippen molar-refractivity contribution in [2.75, 3.05) is 40.0 Å². The summed E-state index contributed by atoms with van der Waals surface area (Å²) in [6.07, 6.45) is 1.99. The predicted molar refractivity (Wildman–Crippen MR) is 97.6 cm³/mol. The number of benzene rings is 1. The monoisotopic (exact) mass is 353 g/mol. The second-order valence-electron chi connectivity index (χ2n) is 5.27. The molecule has 0 aliphatic rings. The number of thioether (sulfide) groups is 1. The van der Waals surface area contributed by atoms with E-state index >= 15 is 0 Å². The summed E-state index contributed by atoms with van der Waals surface area (Å²) in [5.74, 6) is 0.721. The van der Waals surface area contributed by atoms with E-state index in [1.54, 1.807) is 35.7 Å². The number of hydrogen-bond donors (Lipinski definition) is 1. The minimum Gasteiger partial charge on any atom is -0.496 e. The number of urea groups is 1. The van der Waals surface area contributed by atoms with Gasteiger partial charge in [0.1, 0.15) is 5.75 Å². The lowest BCUT2D eigenvalue weighted by atomic mass is 10.2. The first kappa shape index (κ1) is 20.2. The first-order valence-corrected chi connectivity index (χ1v) is 9.16. The molecule has 7 heteroatoms. The number of likely N-dealkylation sites (N-methyl/N-ethyl adjacent to an activating group) is 1. The molecule has 3 amide bonds. The number of carbonyl (C=O) groups is 2. The van der Waals surface area contributed by atoms with Crippen LogP contribution in [-0.2, 0) is 11.3 Å². The van der Waals surface area contributed by atoms with E-state index in [1.807, 2.05) is 38.3 Å². The molecule has 0 fully saturated rings. The van der Waals surface area contributed by atoms with Gasteiger partial charge in [-0.2, -0.15) is 0 Å². The molecule has 0 spiro atoms. The van der Waals surface area contributed by atoms with Gasteiger partial charge in [-0.1, -0.05) is 6.07 Å². The summed E-state index contributed by atoms with van der Waals surface area (Å²) in [4.78, 5) is 28.3. The maximum atomic E-state index is 12.1. The lowest BCUT2D eigenvalue weighted by molar-refractivity contribution is -0.129. The summed E-state index contributed by atoms with van der Waals surface area (Å²) < 4.78 is 5.36. The van der Waals surface area contributed by atoms with Crippen LogP contribution in [0.3, 0.4) is 0 Å². The highest BCUT2D eigenvalue weighted by atomic mass is 32.2. The van der Waals surface area contributed by atoms with Crippen LogP contribution >= 0.6 is 11.8 Å². The van der Waals surface area contributed by atoms with Gasteiger partial charge in [-0.3, -0.25) is 4.79 Å². The molecule has 1 N–H and O–H groups in total. The third-order valence-corrected chi connectivity index (χ3v) is 4.50. The fourth-order valence-corrected chi connectivity index (χ4v) is 2.85. The van der Waals surface area contributed by atoms with Crippen molar-refractivity contribution in [1.29, 1.82) is 0 Å². The third kappa shape index (κ3) is 5.63. The number of amides is 3. The van der Waals surface area contributed by atoms with Crippen LogP contribution in [0.2, 0.25) is 0 Å². The molecule has 0 bridgehead atoms. The van der Waals surface area contributed by atoms with Crippen molar-refractivity contribution in [3.05, 3.63) is 23.8 Å². The third-order valence-electron chi connectivity index (χ3n) is 3.72. The standard InChI is InChI=1S/C17H27N3O3S/c1-6-20(7-2)16(21)11-18-17(22)19(3)12-13-8-9-15(24-5)14(10-13)23-4/h8-10H,6-7,11-12H2,1-5H3,(H,18,22). The number of ether oxygens (including phenoxy) is 1. The molecule has 1 aromatic rings. The summed E-state index contributed by atoms with van der Waals surface area (Å²) in [6, 6.07) is 5.60. The van der Waals surface area contributed by atoms with Gasteiger partial charge in [0.2, 0.25) is 5.91 Å². The smallest absolute Gasteiger partial charge is 0.317 e. The van der Waals surface area contributed by atoms with Gasteiger partial charge in [0, 0.05) is 31.6 Å². The Kier molecular flexibility index (Phi) is 8.46. The van der Waals surface area contributed by atoms with Crippen LogP contribution in [0.4, 0.5) is 4.79 Å². The van der Waals surface area contributed by atoms with Crippen LogP contribution in [0.25, 0.3) is 0 Å². The van der Waals surface area contributed by atoms with E-state index in [0.717, 1.165) is 16.2 Å². The second-order valence-corrected chi connectivity index (χ2v) is 6.12. The fourth-order valence-electron chi connectivity index (χ4n) is 2.30. The highest BCUT2D eigenvalue weighted by molar-refractivity contribution is 7.98. The van der Waals surface area contributed by atoms with Crippen molar-refractivity contribution in [2.24, 2.45) is 0 Å². The van der Waals surface area contributed by atoms with Gasteiger partial charge in [-0.05, 0) is 37.8 Å². The molecule has 1 aromatic carbocycles. The van der Waals surface area contributed by atoms with Gasteiger partial charge >= 0.3 is 6.03 Å². The van der Waals surface area contributed by atoms with E-state index in [1.165, 1.54) is 0 Å². The Morgan fingerprint density at radius 3 is 2.46 bits per heavy atom. The zero-order chi connectivity index (χ0) is 18.1. The van der Waals surface area contributed by atoms with Crippen LogP contribution < -0.4 is 10.1 Å². The molecule has 1 rings (SSSR count). The van der Waals surface area contributed by atoms with Crippen LogP contribution in [0, 0.1) is 0 Å². The van der Waals surface area contributed by atoms with Crippen LogP contribution in [0.5, 0.6) is 5.75 Å². The Balaban J connectivity index is 2.59. The molecule has 0 aliphatic carbocycles. The zero-order valence-corrected chi connectivity index (χ0v) is 15.9. The molecule has 134 valence electrons.